The van der Waals surface area contributed by atoms with Crippen molar-refractivity contribution in [1.29, 1.82) is 0 Å². The summed E-state index contributed by atoms with van der Waals surface area (Å²) in [6.45, 7) is -0.0947. The Morgan fingerprint density at radius 2 is 1.95 bits per heavy atom. The van der Waals surface area contributed by atoms with Crippen LogP contribution >= 0.6 is 0 Å². The number of aryl methyl sites for hydroxylation is 1. The predicted molar refractivity (Wildman–Crippen MR) is 74.5 cm³/mol. The minimum absolute atomic E-state index is 0.0947. The van der Waals surface area contributed by atoms with Gasteiger partial charge in [0.25, 0.3) is 0 Å². The molecule has 0 radical (unpaired) electrons. The highest BCUT2D eigenvalue weighted by atomic mass is 19.4. The zero-order chi connectivity index (χ0) is 16.0. The zero-order valence-electron chi connectivity index (χ0n) is 12.2. The molecule has 1 saturated carbocycles. The summed E-state index contributed by atoms with van der Waals surface area (Å²) in [6, 6.07) is 8.24. The Morgan fingerprint density at radius 3 is 2.64 bits per heavy atom. The van der Waals surface area contributed by atoms with E-state index in [9.17, 15) is 18.0 Å². The number of halogens is 3. The fraction of sp³-hybridized carbons (Fsp3) is 0.562. The van der Waals surface area contributed by atoms with Gasteiger partial charge in [-0.1, -0.05) is 37.1 Å². The Morgan fingerprint density at radius 1 is 1.23 bits per heavy atom. The second-order valence-corrected chi connectivity index (χ2v) is 5.48. The van der Waals surface area contributed by atoms with Crippen LogP contribution < -0.4 is 0 Å². The molecule has 0 spiro atoms. The number of rotatable bonds is 5. The van der Waals surface area contributed by atoms with E-state index in [1.54, 1.807) is 0 Å². The molecule has 22 heavy (non-hydrogen) atoms. The van der Waals surface area contributed by atoms with Crippen molar-refractivity contribution in [1.82, 2.24) is 0 Å². The summed E-state index contributed by atoms with van der Waals surface area (Å²) >= 11 is 0. The van der Waals surface area contributed by atoms with Crippen molar-refractivity contribution >= 4 is 6.16 Å². The van der Waals surface area contributed by atoms with Gasteiger partial charge in [-0.25, -0.2) is 4.79 Å². The minimum Gasteiger partial charge on any atom is -0.434 e. The van der Waals surface area contributed by atoms with Crippen LogP contribution in [0.2, 0.25) is 0 Å². The van der Waals surface area contributed by atoms with E-state index in [0.29, 0.717) is 18.8 Å². The molecule has 1 aliphatic carbocycles. The first-order valence-corrected chi connectivity index (χ1v) is 7.45. The number of hydrogen-bond acceptors (Lipinski definition) is 3. The molecule has 0 atom stereocenters. The van der Waals surface area contributed by atoms with Crippen LogP contribution in [0.1, 0.15) is 49.1 Å². The molecule has 0 amide bonds. The predicted octanol–water partition coefficient (Wildman–Crippen LogP) is 4.95. The van der Waals surface area contributed by atoms with Gasteiger partial charge in [0.1, 0.15) is 0 Å². The minimum atomic E-state index is -4.99. The van der Waals surface area contributed by atoms with Crippen LogP contribution in [0.4, 0.5) is 18.0 Å². The molecule has 0 N–H and O–H groups in total. The highest BCUT2D eigenvalue weighted by Crippen LogP contribution is 2.34. The van der Waals surface area contributed by atoms with E-state index in [4.69, 9.17) is 0 Å². The van der Waals surface area contributed by atoms with Gasteiger partial charge in [0.2, 0.25) is 0 Å². The van der Waals surface area contributed by atoms with Gasteiger partial charge in [-0.15, -0.1) is 13.2 Å². The maximum Gasteiger partial charge on any atom is 0.577 e. The van der Waals surface area contributed by atoms with Crippen LogP contribution in [0.3, 0.4) is 0 Å². The van der Waals surface area contributed by atoms with Crippen molar-refractivity contribution in [2.45, 2.75) is 50.8 Å². The van der Waals surface area contributed by atoms with E-state index in [0.717, 1.165) is 5.56 Å². The zero-order valence-corrected chi connectivity index (χ0v) is 12.2. The van der Waals surface area contributed by atoms with Gasteiger partial charge in [-0.2, -0.15) is 0 Å². The molecule has 0 heterocycles. The Kier molecular flexibility index (Phi) is 5.69. The molecular formula is C16H19F3O3. The Hall–Kier alpha value is -1.72. The maximum absolute atomic E-state index is 11.7. The van der Waals surface area contributed by atoms with Crippen LogP contribution in [0.15, 0.2) is 24.3 Å². The van der Waals surface area contributed by atoms with Gasteiger partial charge in [-0.3, -0.25) is 0 Å². The molecule has 3 nitrogen and oxygen atoms in total. The van der Waals surface area contributed by atoms with Crippen molar-refractivity contribution < 1.29 is 27.4 Å². The third-order valence-electron chi connectivity index (χ3n) is 3.81. The smallest absolute Gasteiger partial charge is 0.434 e. The third-order valence-corrected chi connectivity index (χ3v) is 3.81. The van der Waals surface area contributed by atoms with E-state index in [2.05, 4.69) is 21.6 Å². The molecule has 0 saturated heterocycles. The van der Waals surface area contributed by atoms with Crippen molar-refractivity contribution in [3.05, 3.63) is 35.4 Å². The number of carbonyl (C=O) groups excluding carboxylic acids is 1. The van der Waals surface area contributed by atoms with Crippen LogP contribution in [-0.2, 0) is 15.9 Å². The van der Waals surface area contributed by atoms with Gasteiger partial charge in [0.15, 0.2) is 0 Å². The van der Waals surface area contributed by atoms with Crippen LogP contribution in [0.5, 0.6) is 0 Å². The lowest BCUT2D eigenvalue weighted by Gasteiger charge is -2.11. The van der Waals surface area contributed by atoms with Crippen molar-refractivity contribution in [3.63, 3.8) is 0 Å². The molecule has 0 aromatic heterocycles. The van der Waals surface area contributed by atoms with E-state index in [-0.39, 0.29) is 6.61 Å². The fourth-order valence-corrected chi connectivity index (χ4v) is 2.82. The summed E-state index contributed by atoms with van der Waals surface area (Å²) in [4.78, 5) is 10.7. The van der Waals surface area contributed by atoms with Gasteiger partial charge in [0, 0.05) is 0 Å². The number of carbonyl (C=O) groups is 1. The lowest BCUT2D eigenvalue weighted by atomic mass is 9.95. The Bertz CT molecular complexity index is 494. The summed E-state index contributed by atoms with van der Waals surface area (Å²) in [5.74, 6) is 0.623. The quantitative estimate of drug-likeness (QED) is 0.569. The molecule has 0 bridgehead atoms. The largest absolute Gasteiger partial charge is 0.577 e. The highest BCUT2D eigenvalue weighted by Gasteiger charge is 2.34. The highest BCUT2D eigenvalue weighted by molar-refractivity contribution is 5.59. The monoisotopic (exact) mass is 316 g/mol. The van der Waals surface area contributed by atoms with E-state index < -0.39 is 12.5 Å². The lowest BCUT2D eigenvalue weighted by molar-refractivity contribution is -0.299. The lowest BCUT2D eigenvalue weighted by Crippen LogP contribution is -2.20. The molecule has 6 heteroatoms. The molecule has 122 valence electrons. The average molecular weight is 316 g/mol. The van der Waals surface area contributed by atoms with Crippen LogP contribution in [-0.4, -0.2) is 19.1 Å². The van der Waals surface area contributed by atoms with Crippen molar-refractivity contribution in [2.75, 3.05) is 6.61 Å². The van der Waals surface area contributed by atoms with Crippen molar-refractivity contribution in [3.8, 4) is 0 Å². The molecule has 0 unspecified atom stereocenters. The number of hydrogen-bond donors (Lipinski definition) is 0. The first-order valence-electron chi connectivity index (χ1n) is 7.45. The molecule has 1 aromatic rings. The Labute approximate surface area is 127 Å². The van der Waals surface area contributed by atoms with Crippen molar-refractivity contribution in [2.24, 2.45) is 0 Å². The molecule has 1 aromatic carbocycles. The van der Waals surface area contributed by atoms with E-state index in [1.807, 2.05) is 12.1 Å². The summed E-state index contributed by atoms with van der Waals surface area (Å²) in [5.41, 5.74) is 2.43. The Balaban J connectivity index is 1.73. The SMILES string of the molecule is O=C(OCCCc1cccc(C2CCCC2)c1)OC(F)(F)F. The maximum atomic E-state index is 11.7. The second kappa shape index (κ2) is 7.51. The number of ether oxygens (including phenoxy) is 2. The van der Waals surface area contributed by atoms with Gasteiger partial charge >= 0.3 is 12.5 Å². The molecule has 2 rings (SSSR count). The van der Waals surface area contributed by atoms with Crippen LogP contribution in [0.25, 0.3) is 0 Å². The van der Waals surface area contributed by atoms with Gasteiger partial charge in [0.05, 0.1) is 6.61 Å². The molecular weight excluding hydrogens is 297 g/mol. The fourth-order valence-electron chi connectivity index (χ4n) is 2.82. The molecule has 0 aliphatic heterocycles. The first-order chi connectivity index (χ1) is 10.4. The normalized spacial score (nSPS) is 15.8. The number of benzene rings is 1. The summed E-state index contributed by atoms with van der Waals surface area (Å²) in [7, 11) is 0. The van der Waals surface area contributed by atoms with Crippen LogP contribution in [0, 0.1) is 0 Å². The third kappa shape index (κ3) is 5.58. The summed E-state index contributed by atoms with van der Waals surface area (Å²) < 4.78 is 42.8. The van der Waals surface area contributed by atoms with E-state index >= 15 is 0 Å². The first kappa shape index (κ1) is 16.6. The summed E-state index contributed by atoms with van der Waals surface area (Å²) in [6.07, 6.45) is -0.611. The van der Waals surface area contributed by atoms with Gasteiger partial charge in [-0.05, 0) is 42.7 Å². The standard InChI is InChI=1S/C16H19F3O3/c17-16(18,19)22-15(20)21-10-4-6-12-5-3-9-14(11-12)13-7-1-2-8-13/h3,5,9,11,13H,1-2,4,6-8,10H2. The molecule has 1 aliphatic rings. The average Bonchev–Trinajstić information content (AvgIpc) is 2.96. The molecule has 1 fully saturated rings. The second-order valence-electron chi connectivity index (χ2n) is 5.48. The van der Waals surface area contributed by atoms with E-state index in [1.165, 1.54) is 31.2 Å². The van der Waals surface area contributed by atoms with Gasteiger partial charge < -0.3 is 9.47 Å². The summed E-state index contributed by atoms with van der Waals surface area (Å²) in [5, 5.41) is 0. The number of alkyl halides is 3. The topological polar surface area (TPSA) is 35.5 Å².